The summed E-state index contributed by atoms with van der Waals surface area (Å²) in [6.45, 7) is 6.64. The van der Waals surface area contributed by atoms with Gasteiger partial charge in [-0.3, -0.25) is 14.9 Å². The molecule has 0 atom stereocenters. The molecule has 1 amide bonds. The zero-order valence-electron chi connectivity index (χ0n) is 19.2. The smallest absolute Gasteiger partial charge is 0.416 e. The topological polar surface area (TPSA) is 99.3 Å². The van der Waals surface area contributed by atoms with Crippen molar-refractivity contribution in [1.82, 2.24) is 15.1 Å². The number of aromatic nitrogens is 2. The first-order valence-electron chi connectivity index (χ1n) is 10.3. The molecule has 35 heavy (non-hydrogen) atoms. The lowest BCUT2D eigenvalue weighted by molar-refractivity contribution is -0.385. The van der Waals surface area contributed by atoms with Gasteiger partial charge in [0.05, 0.1) is 22.1 Å². The Labute approximate surface area is 197 Å². The molecule has 186 valence electrons. The van der Waals surface area contributed by atoms with Crippen molar-refractivity contribution in [2.75, 3.05) is 0 Å². The molecule has 3 aromatic rings. The largest absolute Gasteiger partial charge is 0.436 e. The van der Waals surface area contributed by atoms with Crippen LogP contribution in [0, 0.1) is 22.9 Å². The van der Waals surface area contributed by atoms with E-state index in [2.05, 4.69) is 10.4 Å². The Balaban J connectivity index is 1.89. The maximum absolute atomic E-state index is 14.4. The van der Waals surface area contributed by atoms with E-state index in [0.717, 1.165) is 24.3 Å². The Morgan fingerprint density at radius 2 is 1.86 bits per heavy atom. The molecule has 0 aliphatic carbocycles. The second-order valence-corrected chi connectivity index (χ2v) is 8.72. The highest BCUT2D eigenvalue weighted by Crippen LogP contribution is 2.34. The second-order valence-electron chi connectivity index (χ2n) is 8.72. The number of halogens is 4. The van der Waals surface area contributed by atoms with Gasteiger partial charge in [-0.05, 0) is 51.5 Å². The molecule has 1 N–H and O–H groups in total. The first kappa shape index (κ1) is 25.7. The molecular weight excluding hydrogens is 472 g/mol. The molecule has 0 unspecified atom stereocenters. The van der Waals surface area contributed by atoms with Crippen LogP contribution in [0.4, 0.5) is 23.2 Å². The van der Waals surface area contributed by atoms with Crippen molar-refractivity contribution in [3.8, 4) is 11.6 Å². The first-order chi connectivity index (χ1) is 16.2. The highest BCUT2D eigenvalue weighted by Gasteiger charge is 2.31. The minimum Gasteiger partial charge on any atom is -0.436 e. The molecule has 1 heterocycles. The molecule has 1 aromatic heterocycles. The number of carbonyl (C=O) groups is 1. The van der Waals surface area contributed by atoms with Gasteiger partial charge in [-0.15, -0.1) is 0 Å². The zero-order valence-corrected chi connectivity index (χ0v) is 19.2. The lowest BCUT2D eigenvalue weighted by Crippen LogP contribution is -2.26. The Morgan fingerprint density at radius 1 is 1.17 bits per heavy atom. The van der Waals surface area contributed by atoms with E-state index in [9.17, 15) is 32.5 Å². The molecular formula is C23H22F4N4O4. The van der Waals surface area contributed by atoms with E-state index in [-0.39, 0.29) is 35.0 Å². The van der Waals surface area contributed by atoms with Crippen LogP contribution >= 0.6 is 0 Å². The minimum absolute atomic E-state index is 0.0365. The molecule has 12 heteroatoms. The first-order valence-corrected chi connectivity index (χ1v) is 10.3. The number of benzene rings is 2. The summed E-state index contributed by atoms with van der Waals surface area (Å²) in [5.41, 5.74) is -1.57. The van der Waals surface area contributed by atoms with Gasteiger partial charge in [-0.2, -0.15) is 18.3 Å². The van der Waals surface area contributed by atoms with Crippen molar-refractivity contribution in [3.63, 3.8) is 0 Å². The molecule has 8 nitrogen and oxygen atoms in total. The summed E-state index contributed by atoms with van der Waals surface area (Å²) in [6.07, 6.45) is -4.51. The molecule has 0 radical (unpaired) electrons. The van der Waals surface area contributed by atoms with Crippen LogP contribution in [0.15, 0.2) is 42.5 Å². The minimum atomic E-state index is -4.51. The molecule has 0 fully saturated rings. The third kappa shape index (κ3) is 5.76. The van der Waals surface area contributed by atoms with Gasteiger partial charge in [-0.1, -0.05) is 12.1 Å². The predicted molar refractivity (Wildman–Crippen MR) is 118 cm³/mol. The quantitative estimate of drug-likeness (QED) is 0.268. The van der Waals surface area contributed by atoms with Crippen molar-refractivity contribution < 1.29 is 32.0 Å². The number of rotatable bonds is 6. The van der Waals surface area contributed by atoms with Gasteiger partial charge in [0.2, 0.25) is 5.88 Å². The van der Waals surface area contributed by atoms with Crippen molar-refractivity contribution >= 4 is 11.6 Å². The highest BCUT2D eigenvalue weighted by atomic mass is 19.4. The number of hydrogen-bond donors (Lipinski definition) is 1. The number of nitrogens with zero attached hydrogens (tertiary/aromatic N) is 3. The summed E-state index contributed by atoms with van der Waals surface area (Å²) >= 11 is 0. The third-order valence-corrected chi connectivity index (χ3v) is 4.96. The number of carbonyl (C=O) groups excluding carboxylic acids is 1. The standard InChI is InChI=1S/C23H22F4N4O4/c1-13-19(20(32)28-12-14-6-5-7-15(10-14)23(25,26)27)29-30(22(2,3)4)21(13)35-18-9-8-16(31(33)34)11-17(18)24/h5-11H,12H2,1-4H3,(H,28,32). The van der Waals surface area contributed by atoms with E-state index in [4.69, 9.17) is 4.74 Å². The Bertz CT molecular complexity index is 1280. The maximum Gasteiger partial charge on any atom is 0.416 e. The lowest BCUT2D eigenvalue weighted by Gasteiger charge is -2.22. The van der Waals surface area contributed by atoms with E-state index in [1.54, 1.807) is 20.8 Å². The van der Waals surface area contributed by atoms with Crippen molar-refractivity contribution in [2.45, 2.75) is 46.0 Å². The maximum atomic E-state index is 14.4. The number of alkyl halides is 3. The number of nitro benzene ring substituents is 1. The Morgan fingerprint density at radius 3 is 2.43 bits per heavy atom. The second kappa shape index (κ2) is 9.35. The van der Waals surface area contributed by atoms with Crippen LogP contribution < -0.4 is 10.1 Å². The molecule has 2 aromatic carbocycles. The summed E-state index contributed by atoms with van der Waals surface area (Å²) < 4.78 is 60.3. The fourth-order valence-corrected chi connectivity index (χ4v) is 3.18. The fourth-order valence-electron chi connectivity index (χ4n) is 3.18. The van der Waals surface area contributed by atoms with Gasteiger partial charge >= 0.3 is 6.18 Å². The van der Waals surface area contributed by atoms with Crippen LogP contribution in [0.25, 0.3) is 0 Å². The molecule has 3 rings (SSSR count). The van der Waals surface area contributed by atoms with E-state index in [0.29, 0.717) is 6.07 Å². The summed E-state index contributed by atoms with van der Waals surface area (Å²) in [5, 5.41) is 17.7. The van der Waals surface area contributed by atoms with Crippen LogP contribution in [0.5, 0.6) is 11.6 Å². The lowest BCUT2D eigenvalue weighted by atomic mass is 10.1. The molecule has 0 aliphatic heterocycles. The van der Waals surface area contributed by atoms with Gasteiger partial charge in [0.25, 0.3) is 11.6 Å². The van der Waals surface area contributed by atoms with Gasteiger partial charge in [-0.25, -0.2) is 9.07 Å². The monoisotopic (exact) mass is 494 g/mol. The van der Waals surface area contributed by atoms with Crippen LogP contribution in [-0.4, -0.2) is 20.6 Å². The number of ether oxygens (including phenoxy) is 1. The number of nitrogens with one attached hydrogen (secondary N) is 1. The Kier molecular flexibility index (Phi) is 6.86. The Hall–Kier alpha value is -3.96. The van der Waals surface area contributed by atoms with Crippen molar-refractivity contribution in [1.29, 1.82) is 0 Å². The van der Waals surface area contributed by atoms with Crippen molar-refractivity contribution in [2.24, 2.45) is 0 Å². The summed E-state index contributed by atoms with van der Waals surface area (Å²) in [6, 6.07) is 7.45. The fraction of sp³-hybridized carbons (Fsp3) is 0.304. The van der Waals surface area contributed by atoms with Gasteiger partial charge in [0.1, 0.15) is 0 Å². The van der Waals surface area contributed by atoms with Gasteiger partial charge < -0.3 is 10.1 Å². The van der Waals surface area contributed by atoms with E-state index in [1.807, 2.05) is 0 Å². The van der Waals surface area contributed by atoms with Gasteiger partial charge in [0.15, 0.2) is 17.3 Å². The number of hydrogen-bond acceptors (Lipinski definition) is 5. The van der Waals surface area contributed by atoms with Crippen LogP contribution in [-0.2, 0) is 18.3 Å². The summed E-state index contributed by atoms with van der Waals surface area (Å²) in [4.78, 5) is 22.9. The van der Waals surface area contributed by atoms with E-state index < -0.39 is 39.6 Å². The van der Waals surface area contributed by atoms with Crippen LogP contribution in [0.2, 0.25) is 0 Å². The predicted octanol–water partition coefficient (Wildman–Crippen LogP) is 5.73. The van der Waals surface area contributed by atoms with Gasteiger partial charge in [0, 0.05) is 18.2 Å². The molecule has 0 bridgehead atoms. The average Bonchev–Trinajstić information content (AvgIpc) is 3.09. The molecule has 0 spiro atoms. The third-order valence-electron chi connectivity index (χ3n) is 4.96. The number of nitro groups is 1. The van der Waals surface area contributed by atoms with Crippen LogP contribution in [0.1, 0.15) is 48.0 Å². The van der Waals surface area contributed by atoms with Crippen LogP contribution in [0.3, 0.4) is 0 Å². The number of amides is 1. The molecule has 0 saturated heterocycles. The SMILES string of the molecule is Cc1c(C(=O)NCc2cccc(C(F)(F)F)c2)nn(C(C)(C)C)c1Oc1ccc([N+](=O)[O-])cc1F. The summed E-state index contributed by atoms with van der Waals surface area (Å²) in [7, 11) is 0. The number of non-ortho nitro benzene ring substituents is 1. The average molecular weight is 494 g/mol. The normalized spacial score (nSPS) is 11.9. The molecule has 0 aliphatic rings. The zero-order chi connectivity index (χ0) is 26.1. The summed E-state index contributed by atoms with van der Waals surface area (Å²) in [5.74, 6) is -1.91. The van der Waals surface area contributed by atoms with E-state index >= 15 is 0 Å². The van der Waals surface area contributed by atoms with Crippen molar-refractivity contribution in [3.05, 3.63) is 80.8 Å². The highest BCUT2D eigenvalue weighted by molar-refractivity contribution is 5.94. The molecule has 0 saturated carbocycles. The van der Waals surface area contributed by atoms with E-state index in [1.165, 1.54) is 23.7 Å².